The highest BCUT2D eigenvalue weighted by Gasteiger charge is 2.12. The Balaban J connectivity index is 1.95. The molecular weight excluding hydrogens is 318 g/mol. The molecule has 1 aromatic carbocycles. The van der Waals surface area contributed by atoms with Gasteiger partial charge in [0.15, 0.2) is 5.13 Å². The highest BCUT2D eigenvalue weighted by atomic mass is 35.5. The fourth-order valence-corrected chi connectivity index (χ4v) is 3.44. The molecule has 0 saturated carbocycles. The SMILES string of the molecule is CNc1nc(CNS(=O)(=O)Cc2ccc(Cl)cc2)cs1. The fourth-order valence-electron chi connectivity index (χ4n) is 1.54. The molecule has 0 aliphatic carbocycles. The molecule has 0 atom stereocenters. The zero-order valence-corrected chi connectivity index (χ0v) is 13.1. The monoisotopic (exact) mass is 331 g/mol. The average molecular weight is 332 g/mol. The van der Waals surface area contributed by atoms with E-state index in [1.807, 2.05) is 5.38 Å². The molecule has 20 heavy (non-hydrogen) atoms. The zero-order valence-electron chi connectivity index (χ0n) is 10.8. The second-order valence-corrected chi connectivity index (χ2v) is 7.20. The second kappa shape index (κ2) is 6.53. The Morgan fingerprint density at radius 3 is 2.60 bits per heavy atom. The number of benzene rings is 1. The van der Waals surface area contributed by atoms with Crippen molar-refractivity contribution < 1.29 is 8.42 Å². The summed E-state index contributed by atoms with van der Waals surface area (Å²) in [7, 11) is -1.62. The number of aromatic nitrogens is 1. The molecule has 1 heterocycles. The molecule has 0 bridgehead atoms. The van der Waals surface area contributed by atoms with Crippen molar-refractivity contribution in [3.8, 4) is 0 Å². The predicted octanol–water partition coefficient (Wildman–Crippen LogP) is 2.46. The van der Waals surface area contributed by atoms with Crippen LogP contribution in [-0.4, -0.2) is 20.4 Å². The van der Waals surface area contributed by atoms with E-state index >= 15 is 0 Å². The number of hydrogen-bond acceptors (Lipinski definition) is 5. The highest BCUT2D eigenvalue weighted by Crippen LogP contribution is 2.15. The minimum Gasteiger partial charge on any atom is -0.365 e. The van der Waals surface area contributed by atoms with Crippen LogP contribution >= 0.6 is 22.9 Å². The van der Waals surface area contributed by atoms with E-state index in [0.717, 1.165) is 5.13 Å². The van der Waals surface area contributed by atoms with Gasteiger partial charge in [-0.25, -0.2) is 18.1 Å². The van der Waals surface area contributed by atoms with Crippen LogP contribution in [0.1, 0.15) is 11.3 Å². The number of halogens is 1. The first-order chi connectivity index (χ1) is 9.48. The molecule has 2 rings (SSSR count). The van der Waals surface area contributed by atoms with Gasteiger partial charge in [-0.2, -0.15) is 0 Å². The molecule has 2 N–H and O–H groups in total. The molecule has 0 fully saturated rings. The number of nitrogens with zero attached hydrogens (tertiary/aromatic N) is 1. The number of rotatable bonds is 6. The Labute approximate surface area is 127 Å². The van der Waals surface area contributed by atoms with Crippen LogP contribution in [0.3, 0.4) is 0 Å². The van der Waals surface area contributed by atoms with Gasteiger partial charge in [0.2, 0.25) is 10.0 Å². The molecule has 1 aromatic heterocycles. The fraction of sp³-hybridized carbons (Fsp3) is 0.250. The zero-order chi connectivity index (χ0) is 14.6. The van der Waals surface area contributed by atoms with E-state index in [-0.39, 0.29) is 12.3 Å². The van der Waals surface area contributed by atoms with E-state index in [2.05, 4.69) is 15.0 Å². The van der Waals surface area contributed by atoms with E-state index in [0.29, 0.717) is 16.3 Å². The number of nitrogens with one attached hydrogen (secondary N) is 2. The lowest BCUT2D eigenvalue weighted by Gasteiger charge is -2.05. The van der Waals surface area contributed by atoms with Crippen molar-refractivity contribution in [2.75, 3.05) is 12.4 Å². The largest absolute Gasteiger partial charge is 0.365 e. The number of thiazole rings is 1. The smallest absolute Gasteiger partial charge is 0.216 e. The molecule has 2 aromatic rings. The second-order valence-electron chi connectivity index (χ2n) is 4.10. The standard InChI is InChI=1S/C12H14ClN3O2S2/c1-14-12-16-11(7-19-12)6-15-20(17,18)8-9-2-4-10(13)5-3-9/h2-5,7,15H,6,8H2,1H3,(H,14,16). The van der Waals surface area contributed by atoms with Crippen molar-refractivity contribution >= 4 is 38.1 Å². The average Bonchev–Trinajstić information content (AvgIpc) is 2.87. The summed E-state index contributed by atoms with van der Waals surface area (Å²) in [6.07, 6.45) is 0. The van der Waals surface area contributed by atoms with Crippen LogP contribution in [0.2, 0.25) is 5.02 Å². The summed E-state index contributed by atoms with van der Waals surface area (Å²) >= 11 is 7.20. The van der Waals surface area contributed by atoms with E-state index in [1.54, 1.807) is 31.3 Å². The molecule has 0 radical (unpaired) electrons. The lowest BCUT2D eigenvalue weighted by Crippen LogP contribution is -2.24. The minimum atomic E-state index is -3.39. The van der Waals surface area contributed by atoms with Crippen molar-refractivity contribution in [3.63, 3.8) is 0 Å². The maximum Gasteiger partial charge on any atom is 0.216 e. The molecule has 108 valence electrons. The molecule has 0 unspecified atom stereocenters. The summed E-state index contributed by atoms with van der Waals surface area (Å²) < 4.78 is 26.4. The van der Waals surface area contributed by atoms with Crippen LogP contribution in [0, 0.1) is 0 Å². The third-order valence-corrected chi connectivity index (χ3v) is 4.97. The quantitative estimate of drug-likeness (QED) is 0.853. The van der Waals surface area contributed by atoms with Crippen molar-refractivity contribution in [3.05, 3.63) is 45.9 Å². The minimum absolute atomic E-state index is 0.0762. The Morgan fingerprint density at radius 1 is 1.30 bits per heavy atom. The number of sulfonamides is 1. The first-order valence-corrected chi connectivity index (χ1v) is 8.73. The van der Waals surface area contributed by atoms with Crippen molar-refractivity contribution in [2.24, 2.45) is 0 Å². The topological polar surface area (TPSA) is 71.1 Å². The maximum absolute atomic E-state index is 12.0. The third kappa shape index (κ3) is 4.45. The Hall–Kier alpha value is -1.15. The summed E-state index contributed by atoms with van der Waals surface area (Å²) in [5.74, 6) is -0.0762. The van der Waals surface area contributed by atoms with E-state index in [4.69, 9.17) is 11.6 Å². The van der Waals surface area contributed by atoms with E-state index in [9.17, 15) is 8.42 Å². The summed E-state index contributed by atoms with van der Waals surface area (Å²) in [5.41, 5.74) is 1.38. The van der Waals surface area contributed by atoms with Gasteiger partial charge in [0, 0.05) is 17.5 Å². The van der Waals surface area contributed by atoms with Crippen LogP contribution in [0.4, 0.5) is 5.13 Å². The lowest BCUT2D eigenvalue weighted by molar-refractivity contribution is 0.580. The summed E-state index contributed by atoms with van der Waals surface area (Å²) in [4.78, 5) is 4.21. The molecule has 0 aliphatic heterocycles. The summed E-state index contributed by atoms with van der Waals surface area (Å²) in [5, 5.41) is 6.07. The van der Waals surface area contributed by atoms with Gasteiger partial charge in [-0.1, -0.05) is 23.7 Å². The molecule has 8 heteroatoms. The Morgan fingerprint density at radius 2 is 2.00 bits per heavy atom. The van der Waals surface area contributed by atoms with E-state index in [1.165, 1.54) is 11.3 Å². The van der Waals surface area contributed by atoms with Gasteiger partial charge in [-0.05, 0) is 17.7 Å². The molecule has 0 aliphatic rings. The van der Waals surface area contributed by atoms with Gasteiger partial charge in [0.25, 0.3) is 0 Å². The number of anilines is 1. The molecule has 0 amide bonds. The maximum atomic E-state index is 12.0. The van der Waals surface area contributed by atoms with Crippen LogP contribution in [-0.2, 0) is 22.3 Å². The van der Waals surface area contributed by atoms with Gasteiger partial charge in [-0.15, -0.1) is 11.3 Å². The Bertz CT molecular complexity index is 668. The normalized spacial score (nSPS) is 11.5. The summed E-state index contributed by atoms with van der Waals surface area (Å²) in [6.45, 7) is 0.189. The predicted molar refractivity (Wildman–Crippen MR) is 82.6 cm³/mol. The first kappa shape index (κ1) is 15.2. The third-order valence-electron chi connectivity index (χ3n) is 2.51. The van der Waals surface area contributed by atoms with Gasteiger partial charge in [0.1, 0.15) is 0 Å². The van der Waals surface area contributed by atoms with Crippen molar-refractivity contribution in [1.82, 2.24) is 9.71 Å². The van der Waals surface area contributed by atoms with Crippen LogP contribution in [0.15, 0.2) is 29.6 Å². The van der Waals surface area contributed by atoms with Crippen molar-refractivity contribution in [1.29, 1.82) is 0 Å². The van der Waals surface area contributed by atoms with Crippen molar-refractivity contribution in [2.45, 2.75) is 12.3 Å². The molecule has 5 nitrogen and oxygen atoms in total. The summed E-state index contributed by atoms with van der Waals surface area (Å²) in [6, 6.07) is 6.74. The Kier molecular flexibility index (Phi) is 4.98. The molecule has 0 saturated heterocycles. The van der Waals surface area contributed by atoms with Gasteiger partial charge in [-0.3, -0.25) is 0 Å². The van der Waals surface area contributed by atoms with Gasteiger partial charge >= 0.3 is 0 Å². The molecular formula is C12H14ClN3O2S2. The van der Waals surface area contributed by atoms with Gasteiger partial charge < -0.3 is 5.32 Å². The number of hydrogen-bond donors (Lipinski definition) is 2. The van der Waals surface area contributed by atoms with Crippen LogP contribution in [0.25, 0.3) is 0 Å². The first-order valence-electron chi connectivity index (χ1n) is 5.82. The highest BCUT2D eigenvalue weighted by molar-refractivity contribution is 7.88. The lowest BCUT2D eigenvalue weighted by atomic mass is 10.2. The van der Waals surface area contributed by atoms with Gasteiger partial charge in [0.05, 0.1) is 18.0 Å². The van der Waals surface area contributed by atoms with E-state index < -0.39 is 10.0 Å². The van der Waals surface area contributed by atoms with Crippen LogP contribution in [0.5, 0.6) is 0 Å². The van der Waals surface area contributed by atoms with Crippen LogP contribution < -0.4 is 10.0 Å². The molecule has 0 spiro atoms.